The topological polar surface area (TPSA) is 98.7 Å². The molecule has 3 aliphatic heterocycles. The molecule has 7 atom stereocenters. The van der Waals surface area contributed by atoms with E-state index in [1.165, 1.54) is 0 Å². The third kappa shape index (κ3) is 4.47. The van der Waals surface area contributed by atoms with Crippen LogP contribution in [0.5, 0.6) is 0 Å². The molecule has 0 saturated carbocycles. The summed E-state index contributed by atoms with van der Waals surface area (Å²) < 4.78 is -0.803. The number of alkyl halides is 1. The number of thioether (sulfide) groups is 1. The van der Waals surface area contributed by atoms with E-state index in [9.17, 15) is 19.5 Å². The first-order chi connectivity index (χ1) is 17.8. The summed E-state index contributed by atoms with van der Waals surface area (Å²) in [4.78, 5) is 43.2. The van der Waals surface area contributed by atoms with Gasteiger partial charge in [-0.05, 0) is 42.7 Å². The number of rotatable bonds is 8. The van der Waals surface area contributed by atoms with Crippen LogP contribution < -0.4 is 10.6 Å². The van der Waals surface area contributed by atoms with Crippen LogP contribution in [0.15, 0.2) is 54.6 Å². The molecule has 3 saturated heterocycles. The normalized spacial score (nSPS) is 30.8. The van der Waals surface area contributed by atoms with Gasteiger partial charge in [0.2, 0.25) is 17.7 Å². The van der Waals surface area contributed by atoms with Crippen LogP contribution in [0.1, 0.15) is 31.4 Å². The van der Waals surface area contributed by atoms with E-state index in [-0.39, 0.29) is 34.4 Å². The summed E-state index contributed by atoms with van der Waals surface area (Å²) in [5.41, 5.74) is 1.30. The standard InChI is InChI=1S/C27H29BrClN3O4S/c1-2-12-30-24(34)20-21-26(36)32(19(14-33)15-6-4-3-5-7-15)23(27(21)13-18(28)22(20)37-27)25(35)31-17-10-8-16(29)9-11-17/h3-11,18-23,33H,2,12-14H2,1H3,(H,30,34)(H,31,35)/t18?,19-,20-,21+,22-,23?,27?/m1/s1. The Hall–Kier alpha value is -2.07. The second-order valence-corrected chi connectivity index (χ2v) is 13.0. The molecule has 0 aliphatic carbocycles. The Bertz CT molecular complexity index is 1190. The molecule has 196 valence electrons. The van der Waals surface area contributed by atoms with Gasteiger partial charge in [0, 0.05) is 27.3 Å². The summed E-state index contributed by atoms with van der Waals surface area (Å²) >= 11 is 11.4. The molecule has 7 nitrogen and oxygen atoms in total. The Morgan fingerprint density at radius 2 is 1.89 bits per heavy atom. The average Bonchev–Trinajstić information content (AvgIpc) is 3.49. The molecule has 37 heavy (non-hydrogen) atoms. The second-order valence-electron chi connectivity index (χ2n) is 9.81. The molecule has 1 spiro atoms. The quantitative estimate of drug-likeness (QED) is 0.395. The van der Waals surface area contributed by atoms with E-state index in [4.69, 9.17) is 11.6 Å². The summed E-state index contributed by atoms with van der Waals surface area (Å²) in [7, 11) is 0. The van der Waals surface area contributed by atoms with Gasteiger partial charge < -0.3 is 20.6 Å². The van der Waals surface area contributed by atoms with Crippen LogP contribution in [0.2, 0.25) is 5.02 Å². The van der Waals surface area contributed by atoms with E-state index >= 15 is 0 Å². The van der Waals surface area contributed by atoms with Crippen LogP contribution in [-0.2, 0) is 14.4 Å². The highest BCUT2D eigenvalue weighted by Crippen LogP contribution is 2.68. The molecule has 2 aromatic carbocycles. The van der Waals surface area contributed by atoms with E-state index in [2.05, 4.69) is 26.6 Å². The number of fused-ring (bicyclic) bond motifs is 1. The molecule has 3 fully saturated rings. The first-order valence-electron chi connectivity index (χ1n) is 12.5. The highest BCUT2D eigenvalue weighted by atomic mass is 79.9. The number of carbonyl (C=O) groups excluding carboxylic acids is 3. The van der Waals surface area contributed by atoms with Crippen molar-refractivity contribution in [1.82, 2.24) is 10.2 Å². The number of hydrogen-bond donors (Lipinski definition) is 3. The van der Waals surface area contributed by atoms with Crippen molar-refractivity contribution >= 4 is 62.7 Å². The van der Waals surface area contributed by atoms with Crippen molar-refractivity contribution in [2.75, 3.05) is 18.5 Å². The minimum Gasteiger partial charge on any atom is -0.394 e. The fraction of sp³-hybridized carbons (Fsp3) is 0.444. The summed E-state index contributed by atoms with van der Waals surface area (Å²) in [6, 6.07) is 14.4. The van der Waals surface area contributed by atoms with Gasteiger partial charge in [-0.25, -0.2) is 0 Å². The maximum absolute atomic E-state index is 14.3. The van der Waals surface area contributed by atoms with Crippen LogP contribution in [0, 0.1) is 11.8 Å². The van der Waals surface area contributed by atoms with E-state index in [1.54, 1.807) is 40.9 Å². The number of benzene rings is 2. The highest BCUT2D eigenvalue weighted by Gasteiger charge is 2.76. The van der Waals surface area contributed by atoms with E-state index in [1.807, 2.05) is 37.3 Å². The van der Waals surface area contributed by atoms with Gasteiger partial charge in [-0.15, -0.1) is 11.8 Å². The third-order valence-electron chi connectivity index (χ3n) is 7.63. The van der Waals surface area contributed by atoms with Crippen molar-refractivity contribution in [2.45, 2.75) is 46.7 Å². The monoisotopic (exact) mass is 605 g/mol. The minimum atomic E-state index is -0.878. The molecule has 3 aliphatic rings. The average molecular weight is 607 g/mol. The fourth-order valence-corrected chi connectivity index (χ4v) is 9.87. The molecule has 10 heteroatoms. The number of hydrogen-bond acceptors (Lipinski definition) is 5. The molecule has 0 aromatic heterocycles. The van der Waals surface area contributed by atoms with Crippen molar-refractivity contribution in [3.8, 4) is 0 Å². The van der Waals surface area contributed by atoms with Crippen LogP contribution in [0.3, 0.4) is 0 Å². The summed E-state index contributed by atoms with van der Waals surface area (Å²) in [5, 5.41) is 16.9. The number of halogens is 2. The molecule has 2 bridgehead atoms. The lowest BCUT2D eigenvalue weighted by molar-refractivity contribution is -0.142. The zero-order chi connectivity index (χ0) is 26.3. The molecule has 2 aromatic rings. The Morgan fingerprint density at radius 1 is 1.19 bits per heavy atom. The van der Waals surface area contributed by atoms with E-state index < -0.39 is 28.7 Å². The van der Waals surface area contributed by atoms with Crippen molar-refractivity contribution < 1.29 is 19.5 Å². The zero-order valence-corrected chi connectivity index (χ0v) is 23.4. The van der Waals surface area contributed by atoms with Crippen molar-refractivity contribution in [3.63, 3.8) is 0 Å². The van der Waals surface area contributed by atoms with E-state index in [0.29, 0.717) is 23.7 Å². The summed E-state index contributed by atoms with van der Waals surface area (Å²) in [6.45, 7) is 2.17. The smallest absolute Gasteiger partial charge is 0.248 e. The van der Waals surface area contributed by atoms with Gasteiger partial charge in [-0.2, -0.15) is 0 Å². The Labute approximate surface area is 233 Å². The number of nitrogens with one attached hydrogen (secondary N) is 2. The molecular weight excluding hydrogens is 578 g/mol. The largest absolute Gasteiger partial charge is 0.394 e. The number of aliphatic hydroxyl groups is 1. The van der Waals surface area contributed by atoms with Crippen molar-refractivity contribution in [3.05, 3.63) is 65.2 Å². The second kappa shape index (κ2) is 10.6. The molecule has 3 amide bonds. The maximum Gasteiger partial charge on any atom is 0.248 e. The summed E-state index contributed by atoms with van der Waals surface area (Å²) in [5.74, 6) is -1.97. The van der Waals surface area contributed by atoms with Crippen molar-refractivity contribution in [1.29, 1.82) is 0 Å². The number of carbonyl (C=O) groups is 3. The maximum atomic E-state index is 14.3. The number of nitrogens with zero attached hydrogens (tertiary/aromatic N) is 1. The first-order valence-corrected chi connectivity index (χ1v) is 14.6. The van der Waals surface area contributed by atoms with Gasteiger partial charge >= 0.3 is 0 Å². The predicted molar refractivity (Wildman–Crippen MR) is 149 cm³/mol. The zero-order valence-electron chi connectivity index (χ0n) is 20.3. The van der Waals surface area contributed by atoms with Crippen LogP contribution in [-0.4, -0.2) is 61.7 Å². The Balaban J connectivity index is 1.58. The Morgan fingerprint density at radius 3 is 2.54 bits per heavy atom. The number of amides is 3. The fourth-order valence-electron chi connectivity index (χ4n) is 6.14. The number of anilines is 1. The van der Waals surface area contributed by atoms with Gasteiger partial charge in [0.15, 0.2) is 0 Å². The SMILES string of the molecule is CCCNC(=O)[C@H]1[C@@H]2SC3(CC2Br)C(C(=O)Nc2ccc(Cl)cc2)N([C@H](CO)c2ccccc2)C(=O)[C@H]13. The third-order valence-corrected chi connectivity index (χ3v) is 11.1. The van der Waals surface area contributed by atoms with Crippen molar-refractivity contribution in [2.24, 2.45) is 11.8 Å². The lowest BCUT2D eigenvalue weighted by atomic mass is 9.70. The lowest BCUT2D eigenvalue weighted by Crippen LogP contribution is -2.53. The van der Waals surface area contributed by atoms with Crippen LogP contribution in [0.25, 0.3) is 0 Å². The first kappa shape index (κ1) is 26.5. The molecular formula is C27H29BrClN3O4S. The molecule has 5 rings (SSSR count). The van der Waals surface area contributed by atoms with Gasteiger partial charge in [0.05, 0.1) is 29.2 Å². The number of likely N-dealkylation sites (tertiary alicyclic amines) is 1. The lowest BCUT2D eigenvalue weighted by Gasteiger charge is -2.37. The van der Waals surface area contributed by atoms with Gasteiger partial charge in [-0.3, -0.25) is 14.4 Å². The minimum absolute atomic E-state index is 0.0194. The van der Waals surface area contributed by atoms with E-state index in [0.717, 1.165) is 12.0 Å². The number of aliphatic hydroxyl groups excluding tert-OH is 1. The molecule has 3 N–H and O–H groups in total. The predicted octanol–water partition coefficient (Wildman–Crippen LogP) is 4.00. The van der Waals surface area contributed by atoms with Gasteiger partial charge in [0.25, 0.3) is 0 Å². The molecule has 3 unspecified atom stereocenters. The van der Waals surface area contributed by atoms with Gasteiger partial charge in [-0.1, -0.05) is 64.8 Å². The summed E-state index contributed by atoms with van der Waals surface area (Å²) in [6.07, 6.45) is 1.36. The van der Waals surface area contributed by atoms with Gasteiger partial charge in [0.1, 0.15) is 6.04 Å². The highest BCUT2D eigenvalue weighted by molar-refractivity contribution is 9.09. The Kier molecular flexibility index (Phi) is 7.60. The van der Waals surface area contributed by atoms with Crippen LogP contribution >= 0.6 is 39.3 Å². The van der Waals surface area contributed by atoms with Crippen LogP contribution in [0.4, 0.5) is 5.69 Å². The molecule has 3 heterocycles. The molecule has 0 radical (unpaired) electrons.